The van der Waals surface area contributed by atoms with Gasteiger partial charge in [0.25, 0.3) is 0 Å². The first-order valence-corrected chi connectivity index (χ1v) is 11.7. The van der Waals surface area contributed by atoms with Crippen LogP contribution in [-0.4, -0.2) is 41.2 Å². The zero-order chi connectivity index (χ0) is 28.3. The lowest BCUT2D eigenvalue weighted by molar-refractivity contribution is -0.138. The normalized spacial score (nSPS) is 12.9. The van der Waals surface area contributed by atoms with Gasteiger partial charge < -0.3 is 20.8 Å². The Morgan fingerprint density at radius 3 is 2.53 bits per heavy atom. The van der Waals surface area contributed by atoms with Crippen LogP contribution in [0.25, 0.3) is 11.3 Å². The maximum Gasteiger partial charge on any atom is 0.417 e. The molecule has 0 fully saturated rings. The molecule has 1 heterocycles. The van der Waals surface area contributed by atoms with Crippen LogP contribution in [0.2, 0.25) is 0 Å². The number of aromatic amines is 1. The van der Waals surface area contributed by atoms with Crippen LogP contribution in [0, 0.1) is 18.3 Å². The molecule has 2 rings (SSSR count). The highest BCUT2D eigenvalue weighted by atomic mass is 19.4. The summed E-state index contributed by atoms with van der Waals surface area (Å²) in [5, 5.41) is 2.64. The highest BCUT2D eigenvalue weighted by Gasteiger charge is 2.34. The second-order valence-electron chi connectivity index (χ2n) is 8.29. The summed E-state index contributed by atoms with van der Waals surface area (Å²) in [7, 11) is 0. The number of carbonyl (C=O) groups excluding carboxylic acids is 4. The van der Waals surface area contributed by atoms with Gasteiger partial charge in [0, 0.05) is 42.6 Å². The second-order valence-corrected chi connectivity index (χ2v) is 8.29. The zero-order valence-electron chi connectivity index (χ0n) is 20.6. The van der Waals surface area contributed by atoms with Gasteiger partial charge in [0.05, 0.1) is 23.8 Å². The number of amides is 2. The standard InChI is InChI=1S/C27H28F3N3O5/c1-3-7-17(26(37)32-18(10-14-24(31)35)11-15-25(36)38-4-2)16-23(34)22-13-12-21(33-22)19-8-5-6-9-20(19)27(28,29)30/h1,5-6,8-9,11-13,15,17-18,33H,4,7,10,14,16H2,2H3,(H2,31,35)(H,32,37)/t17-,18+/m1/s1. The molecule has 0 unspecified atom stereocenters. The average molecular weight is 532 g/mol. The molecule has 4 N–H and O–H groups in total. The lowest BCUT2D eigenvalue weighted by Gasteiger charge is -2.19. The van der Waals surface area contributed by atoms with Gasteiger partial charge in [-0.3, -0.25) is 14.4 Å². The third-order valence-electron chi connectivity index (χ3n) is 5.46. The third-order valence-corrected chi connectivity index (χ3v) is 5.46. The fourth-order valence-electron chi connectivity index (χ4n) is 3.61. The molecule has 0 spiro atoms. The molecule has 1 aromatic heterocycles. The van der Waals surface area contributed by atoms with E-state index in [4.69, 9.17) is 16.9 Å². The van der Waals surface area contributed by atoms with Gasteiger partial charge in [-0.2, -0.15) is 13.2 Å². The molecule has 2 amide bonds. The lowest BCUT2D eigenvalue weighted by atomic mass is 9.96. The van der Waals surface area contributed by atoms with Crippen molar-refractivity contribution < 1.29 is 37.1 Å². The number of Topliss-reactive ketones (excluding diaryl/α,β-unsaturated/α-hetero) is 1. The van der Waals surface area contributed by atoms with Crippen LogP contribution in [0.1, 0.15) is 48.7 Å². The first-order valence-electron chi connectivity index (χ1n) is 11.7. The first-order chi connectivity index (χ1) is 18.0. The average Bonchev–Trinajstić information content (AvgIpc) is 3.35. The van der Waals surface area contributed by atoms with E-state index in [0.717, 1.165) is 12.1 Å². The number of benzene rings is 1. The Balaban J connectivity index is 2.18. The van der Waals surface area contributed by atoms with E-state index in [2.05, 4.69) is 16.2 Å². The molecule has 0 radical (unpaired) electrons. The number of rotatable bonds is 13. The minimum absolute atomic E-state index is 0.0132. The van der Waals surface area contributed by atoms with Crippen molar-refractivity contribution in [3.63, 3.8) is 0 Å². The van der Waals surface area contributed by atoms with E-state index in [1.807, 2.05) is 0 Å². The number of nitrogens with two attached hydrogens (primary N) is 1. The molecular formula is C27H28F3N3O5. The van der Waals surface area contributed by atoms with E-state index in [-0.39, 0.29) is 49.2 Å². The van der Waals surface area contributed by atoms with Crippen LogP contribution in [0.3, 0.4) is 0 Å². The molecule has 0 aliphatic rings. The monoisotopic (exact) mass is 531 g/mol. The van der Waals surface area contributed by atoms with Crippen molar-refractivity contribution in [3.05, 3.63) is 59.8 Å². The number of H-pyrrole nitrogens is 1. The summed E-state index contributed by atoms with van der Waals surface area (Å²) < 4.78 is 45.0. The highest BCUT2D eigenvalue weighted by Crippen LogP contribution is 2.36. The van der Waals surface area contributed by atoms with Crippen LogP contribution in [0.4, 0.5) is 13.2 Å². The minimum Gasteiger partial charge on any atom is -0.463 e. The van der Waals surface area contributed by atoms with Gasteiger partial charge in [-0.15, -0.1) is 12.3 Å². The lowest BCUT2D eigenvalue weighted by Crippen LogP contribution is -2.39. The van der Waals surface area contributed by atoms with E-state index in [1.165, 1.54) is 36.4 Å². The predicted molar refractivity (Wildman–Crippen MR) is 133 cm³/mol. The van der Waals surface area contributed by atoms with Crippen LogP contribution >= 0.6 is 0 Å². The second kappa shape index (κ2) is 13.8. The van der Waals surface area contributed by atoms with Crippen LogP contribution in [-0.2, 0) is 25.3 Å². The fourth-order valence-corrected chi connectivity index (χ4v) is 3.61. The van der Waals surface area contributed by atoms with Crippen molar-refractivity contribution in [2.45, 2.75) is 44.8 Å². The molecule has 11 heteroatoms. The van der Waals surface area contributed by atoms with Crippen LogP contribution in [0.15, 0.2) is 48.6 Å². The Morgan fingerprint density at radius 2 is 1.89 bits per heavy atom. The van der Waals surface area contributed by atoms with E-state index in [1.54, 1.807) is 6.92 Å². The maximum atomic E-state index is 13.4. The van der Waals surface area contributed by atoms with E-state index in [9.17, 15) is 32.3 Å². The molecule has 2 aromatic rings. The smallest absolute Gasteiger partial charge is 0.417 e. The number of carbonyl (C=O) groups is 4. The summed E-state index contributed by atoms with van der Waals surface area (Å²) in [4.78, 5) is 51.4. The Kier molecular flexibility index (Phi) is 10.9. The molecule has 0 aliphatic carbocycles. The van der Waals surface area contributed by atoms with Crippen molar-refractivity contribution in [2.24, 2.45) is 11.7 Å². The molecule has 0 aliphatic heterocycles. The molecule has 38 heavy (non-hydrogen) atoms. The van der Waals surface area contributed by atoms with E-state index >= 15 is 0 Å². The number of hydrogen-bond donors (Lipinski definition) is 3. The quantitative estimate of drug-likeness (QED) is 0.157. The minimum atomic E-state index is -4.59. The Morgan fingerprint density at radius 1 is 1.18 bits per heavy atom. The van der Waals surface area contributed by atoms with Gasteiger partial charge in [0.1, 0.15) is 0 Å². The van der Waals surface area contributed by atoms with Gasteiger partial charge in [-0.1, -0.05) is 24.3 Å². The summed E-state index contributed by atoms with van der Waals surface area (Å²) in [5.41, 5.74) is 4.31. The van der Waals surface area contributed by atoms with Crippen molar-refractivity contribution in [2.75, 3.05) is 6.61 Å². The molecule has 2 atom stereocenters. The molecule has 1 aromatic carbocycles. The molecular weight excluding hydrogens is 503 g/mol. The largest absolute Gasteiger partial charge is 0.463 e. The number of primary amides is 1. The molecule has 0 saturated carbocycles. The topological polar surface area (TPSA) is 131 Å². The van der Waals surface area contributed by atoms with Gasteiger partial charge in [0.15, 0.2) is 5.78 Å². The summed E-state index contributed by atoms with van der Waals surface area (Å²) in [6.07, 6.45) is 2.83. The van der Waals surface area contributed by atoms with E-state index < -0.39 is 47.3 Å². The van der Waals surface area contributed by atoms with Gasteiger partial charge in [-0.25, -0.2) is 4.79 Å². The summed E-state index contributed by atoms with van der Waals surface area (Å²) in [6, 6.07) is 6.87. The number of aromatic nitrogens is 1. The molecule has 0 saturated heterocycles. The Hall–Kier alpha value is -4.33. The highest BCUT2D eigenvalue weighted by molar-refractivity contribution is 5.98. The number of nitrogens with one attached hydrogen (secondary N) is 2. The van der Waals surface area contributed by atoms with Gasteiger partial charge in [0.2, 0.25) is 11.8 Å². The van der Waals surface area contributed by atoms with Gasteiger partial charge in [-0.05, 0) is 31.5 Å². The van der Waals surface area contributed by atoms with Crippen molar-refractivity contribution >= 4 is 23.6 Å². The molecule has 0 bridgehead atoms. The molecule has 202 valence electrons. The number of esters is 1. The Bertz CT molecular complexity index is 1230. The number of hydrogen-bond acceptors (Lipinski definition) is 5. The maximum absolute atomic E-state index is 13.4. The summed E-state index contributed by atoms with van der Waals surface area (Å²) >= 11 is 0. The zero-order valence-corrected chi connectivity index (χ0v) is 20.6. The van der Waals surface area contributed by atoms with Crippen molar-refractivity contribution in [1.29, 1.82) is 0 Å². The fraction of sp³-hybridized carbons (Fsp3) is 0.333. The summed E-state index contributed by atoms with van der Waals surface area (Å²) in [5.74, 6) is -1.03. The van der Waals surface area contributed by atoms with Crippen molar-refractivity contribution in [1.82, 2.24) is 10.3 Å². The first kappa shape index (κ1) is 29.9. The van der Waals surface area contributed by atoms with E-state index in [0.29, 0.717) is 0 Å². The Labute approximate surface area is 217 Å². The van der Waals surface area contributed by atoms with Crippen molar-refractivity contribution in [3.8, 4) is 23.6 Å². The number of halogens is 3. The van der Waals surface area contributed by atoms with Crippen LogP contribution < -0.4 is 11.1 Å². The molecule has 8 nitrogen and oxygen atoms in total. The third kappa shape index (κ3) is 8.96. The number of terminal acetylenes is 1. The number of ketones is 1. The SMILES string of the molecule is C#CC[C@H](CC(=O)c1ccc(-c2ccccc2C(F)(F)F)[nH]1)C(=O)N[C@H](C=CC(=O)OCC)CCC(N)=O. The van der Waals surface area contributed by atoms with Gasteiger partial charge >= 0.3 is 12.1 Å². The predicted octanol–water partition coefficient (Wildman–Crippen LogP) is 3.78. The summed E-state index contributed by atoms with van der Waals surface area (Å²) in [6.45, 7) is 1.78. The van der Waals surface area contributed by atoms with Crippen LogP contribution in [0.5, 0.6) is 0 Å². The number of alkyl halides is 3. The number of ether oxygens (including phenoxy) is 1.